The largest absolute Gasteiger partial charge is 0.589 e. The number of para-hydroxylation sites is 1. The summed E-state index contributed by atoms with van der Waals surface area (Å²) in [5, 5.41) is 20.6. The summed E-state index contributed by atoms with van der Waals surface area (Å²) in [5.74, 6) is 1.80. The number of benzene rings is 5. The molecule has 0 aliphatic carbocycles. The molecule has 3 N–H and O–H groups in total. The lowest BCUT2D eigenvalue weighted by Crippen LogP contribution is -2.65. The first-order valence-electron chi connectivity index (χ1n) is 20.3. The van der Waals surface area contributed by atoms with Crippen LogP contribution in [-0.4, -0.2) is 95.5 Å². The zero-order chi connectivity index (χ0) is 42.9. The Morgan fingerprint density at radius 2 is 1.03 bits per heavy atom. The van der Waals surface area contributed by atoms with Crippen LogP contribution in [0.2, 0.25) is 19.1 Å². The fourth-order valence-electron chi connectivity index (χ4n) is 8.44. The van der Waals surface area contributed by atoms with Crippen molar-refractivity contribution in [1.29, 1.82) is 0 Å². The molecule has 0 saturated carbocycles. The summed E-state index contributed by atoms with van der Waals surface area (Å²) in [4.78, 5) is 58.1. The van der Waals surface area contributed by atoms with Crippen molar-refractivity contribution in [2.24, 2.45) is 30.0 Å². The third kappa shape index (κ3) is 6.47. The van der Waals surface area contributed by atoms with Gasteiger partial charge >= 0.3 is 14.9 Å². The van der Waals surface area contributed by atoms with Crippen LogP contribution in [-0.2, 0) is 4.12 Å². The van der Waals surface area contributed by atoms with Gasteiger partial charge in [-0.25, -0.2) is 34.7 Å². The second kappa shape index (κ2) is 14.9. The van der Waals surface area contributed by atoms with Gasteiger partial charge in [-0.2, -0.15) is 0 Å². The number of carbonyl (C=O) groups is 1. The fraction of sp³-hybridized carbons (Fsp3) is 0.152. The SMILES string of the molecule is CN(C)CCC[Si](C)(C)O[Si]1(O)n2c3c4ccccc4c2N=C2N=C(N=c4c5ccccc5c(n41)=NC1=NC(=N3)c3ccccc31)c1ccccc12.O=C(O)c1ccccc1O. The van der Waals surface area contributed by atoms with Gasteiger partial charge in [-0.3, -0.25) is 8.47 Å². The topological polar surface area (TPSA) is 174 Å². The Bertz CT molecular complexity index is 3130. The number of carboxylic acid groups (broad SMARTS) is 1. The first-order valence-corrected chi connectivity index (χ1v) is 25.1. The first-order chi connectivity index (χ1) is 29.9. The molecule has 0 fully saturated rings. The van der Waals surface area contributed by atoms with Crippen LogP contribution < -0.4 is 11.0 Å². The van der Waals surface area contributed by atoms with Gasteiger partial charge in [-0.1, -0.05) is 109 Å². The molecule has 0 spiro atoms. The molecule has 308 valence electrons. The van der Waals surface area contributed by atoms with E-state index in [1.807, 2.05) is 106 Å². The Morgan fingerprint density at radius 3 is 1.47 bits per heavy atom. The number of rotatable bonds is 7. The van der Waals surface area contributed by atoms with Crippen molar-refractivity contribution in [3.63, 3.8) is 0 Å². The highest BCUT2D eigenvalue weighted by atomic mass is 28.5. The number of hydrogen-bond acceptors (Lipinski definition) is 11. The molecule has 62 heavy (non-hydrogen) atoms. The zero-order valence-electron chi connectivity index (χ0n) is 34.4. The molecule has 0 amide bonds. The van der Waals surface area contributed by atoms with Gasteiger partial charge in [0.05, 0.1) is 0 Å². The minimum absolute atomic E-state index is 0.0671. The molecule has 1 atom stereocenters. The molecule has 6 heterocycles. The van der Waals surface area contributed by atoms with Gasteiger partial charge in [-0.15, -0.1) is 0 Å². The first kappa shape index (κ1) is 39.2. The maximum atomic E-state index is 14.1. The highest BCUT2D eigenvalue weighted by Gasteiger charge is 2.52. The molecule has 0 saturated heterocycles. The molecule has 6 bridgehead atoms. The van der Waals surface area contributed by atoms with Crippen LogP contribution in [0.1, 0.15) is 39.0 Å². The Balaban J connectivity index is 0.000000406. The molecule has 0 radical (unpaired) electrons. The zero-order valence-corrected chi connectivity index (χ0v) is 36.4. The fourth-order valence-corrected chi connectivity index (χ4v) is 15.5. The summed E-state index contributed by atoms with van der Waals surface area (Å²) in [5.41, 5.74) is 4.44. The number of amidine groups is 4. The molecule has 2 aromatic heterocycles. The predicted molar refractivity (Wildman–Crippen MR) is 245 cm³/mol. The van der Waals surface area contributed by atoms with Crippen molar-refractivity contribution in [3.8, 4) is 5.75 Å². The highest BCUT2D eigenvalue weighted by Crippen LogP contribution is 2.43. The molecule has 7 aromatic rings. The van der Waals surface area contributed by atoms with Crippen LogP contribution in [0.4, 0.5) is 11.6 Å². The van der Waals surface area contributed by atoms with E-state index in [1.54, 1.807) is 12.1 Å². The van der Waals surface area contributed by atoms with Gasteiger partial charge in [0.1, 0.15) is 33.9 Å². The average molecular weight is 856 g/mol. The van der Waals surface area contributed by atoms with Crippen molar-refractivity contribution < 1.29 is 23.9 Å². The van der Waals surface area contributed by atoms with Crippen molar-refractivity contribution in [2.75, 3.05) is 20.6 Å². The Morgan fingerprint density at radius 1 is 0.613 bits per heavy atom. The second-order valence-corrected chi connectivity index (χ2v) is 23.2. The van der Waals surface area contributed by atoms with E-state index in [4.69, 9.17) is 44.3 Å². The van der Waals surface area contributed by atoms with Gasteiger partial charge in [-0.05, 0) is 58.3 Å². The highest BCUT2D eigenvalue weighted by molar-refractivity contribution is 6.82. The summed E-state index contributed by atoms with van der Waals surface area (Å²) in [6, 6.07) is 38.7. The van der Waals surface area contributed by atoms with Crippen molar-refractivity contribution in [2.45, 2.75) is 25.6 Å². The maximum Gasteiger partial charge on any atom is 0.589 e. The number of aromatic nitrogens is 2. The van der Waals surface area contributed by atoms with E-state index < -0.39 is 23.2 Å². The monoisotopic (exact) mass is 855 g/mol. The molecule has 11 rings (SSSR count). The number of fused-ring (bicyclic) bond motifs is 14. The summed E-state index contributed by atoms with van der Waals surface area (Å²) in [6.45, 7) is 5.28. The van der Waals surface area contributed by atoms with Crippen molar-refractivity contribution >= 4 is 79.7 Å². The van der Waals surface area contributed by atoms with Gasteiger partial charge in [0.25, 0.3) is 0 Å². The van der Waals surface area contributed by atoms with Crippen LogP contribution >= 0.6 is 0 Å². The van der Waals surface area contributed by atoms with Crippen LogP contribution in [0.25, 0.3) is 21.5 Å². The summed E-state index contributed by atoms with van der Waals surface area (Å²) in [7, 11) is -3.00. The molecule has 4 aliphatic heterocycles. The molecule has 1 unspecified atom stereocenters. The van der Waals surface area contributed by atoms with E-state index >= 15 is 0 Å². The molecular formula is C46H41N9O5Si2. The number of carboxylic acids is 1. The summed E-state index contributed by atoms with van der Waals surface area (Å²) < 4.78 is 11.2. The normalized spacial score (nSPS) is 16.8. The van der Waals surface area contributed by atoms with E-state index in [2.05, 4.69) is 32.1 Å². The number of aromatic carboxylic acids is 1. The van der Waals surface area contributed by atoms with E-state index in [1.165, 1.54) is 12.1 Å². The van der Waals surface area contributed by atoms with E-state index in [9.17, 15) is 9.59 Å². The maximum absolute atomic E-state index is 14.1. The quantitative estimate of drug-likeness (QED) is 0.152. The molecule has 16 heteroatoms. The van der Waals surface area contributed by atoms with Crippen LogP contribution in [0, 0.1) is 0 Å². The average Bonchev–Trinajstić information content (AvgIpc) is 3.97. The number of phenols is 1. The van der Waals surface area contributed by atoms with E-state index in [0.29, 0.717) is 46.0 Å². The summed E-state index contributed by atoms with van der Waals surface area (Å²) >= 11 is 0. The molecule has 4 aliphatic rings. The minimum Gasteiger partial charge on any atom is -0.507 e. The van der Waals surface area contributed by atoms with Crippen LogP contribution in [0.3, 0.4) is 0 Å². The molecule has 5 aromatic carbocycles. The number of aromatic hydroxyl groups is 1. The van der Waals surface area contributed by atoms with Crippen LogP contribution in [0.5, 0.6) is 5.75 Å². The van der Waals surface area contributed by atoms with E-state index in [-0.39, 0.29) is 11.3 Å². The van der Waals surface area contributed by atoms with Gasteiger partial charge in [0.15, 0.2) is 31.7 Å². The smallest absolute Gasteiger partial charge is 0.507 e. The standard InChI is InChI=1S/C39H35N9O2Si2.C7H6O3/c1-46(2)22-13-23-51(3,4)50-52(49)47-36-28-18-9-10-19-29(28)38(47)44-34-26-16-7-8-17-27(26)35(41-34)45-39-31-21-12-11-20-30(31)37(48(39)52)43-33-25-15-6-5-14-24(25)32(40-33)42-36;8-6-4-2-1-3-5(6)7(9)10/h5-12,14-21,49H,13,22-23H2,1-4H3;1-4,8H,(H,9,10). The van der Waals surface area contributed by atoms with Crippen molar-refractivity contribution in [3.05, 3.63) is 160 Å². The Hall–Kier alpha value is -6.96. The number of nitrogens with zero attached hydrogens (tertiary/aromatic N) is 9. The molecular weight excluding hydrogens is 815 g/mol. The third-order valence-corrected chi connectivity index (χ3v) is 18.1. The number of aliphatic imine (C=N–C) groups is 4. The van der Waals surface area contributed by atoms with Gasteiger partial charge in [0, 0.05) is 43.8 Å². The number of hydrogen-bond donors (Lipinski definition) is 3. The van der Waals surface area contributed by atoms with Gasteiger partial charge < -0.3 is 24.0 Å². The lowest BCUT2D eigenvalue weighted by Gasteiger charge is -2.36. The summed E-state index contributed by atoms with van der Waals surface area (Å²) in [6.07, 6.45) is 0.926. The van der Waals surface area contributed by atoms with E-state index in [0.717, 1.165) is 62.8 Å². The Labute approximate surface area is 357 Å². The second-order valence-electron chi connectivity index (χ2n) is 16.3. The predicted octanol–water partition coefficient (Wildman–Crippen LogP) is 6.63. The lowest BCUT2D eigenvalue weighted by atomic mass is 10.1. The minimum atomic E-state index is -4.51. The third-order valence-electron chi connectivity index (χ3n) is 11.3. The Kier molecular flexibility index (Phi) is 9.42. The van der Waals surface area contributed by atoms with Crippen LogP contribution in [0.15, 0.2) is 151 Å². The molecule has 14 nitrogen and oxygen atoms in total. The van der Waals surface area contributed by atoms with Crippen molar-refractivity contribution in [1.82, 2.24) is 13.4 Å². The van der Waals surface area contributed by atoms with Gasteiger partial charge in [0.2, 0.25) is 0 Å². The lowest BCUT2D eigenvalue weighted by molar-refractivity contribution is 0.0693.